The Labute approximate surface area is 168 Å². The van der Waals surface area contributed by atoms with Gasteiger partial charge >= 0.3 is 0 Å². The molecule has 0 spiro atoms. The highest BCUT2D eigenvalue weighted by atomic mass is 16.5. The van der Waals surface area contributed by atoms with Crippen molar-refractivity contribution in [1.29, 1.82) is 0 Å². The van der Waals surface area contributed by atoms with Crippen LogP contribution in [0.4, 0.5) is 17.3 Å². The maximum atomic E-state index is 5.22. The van der Waals surface area contributed by atoms with E-state index >= 15 is 0 Å². The summed E-state index contributed by atoms with van der Waals surface area (Å²) in [6.45, 7) is 2.15. The highest BCUT2D eigenvalue weighted by Gasteiger charge is 2.17. The molecule has 0 amide bonds. The first-order valence-electron chi connectivity index (χ1n) is 9.10. The number of ether oxygens (including phenoxy) is 1. The lowest BCUT2D eigenvalue weighted by Gasteiger charge is -2.28. The maximum absolute atomic E-state index is 5.22. The summed E-state index contributed by atoms with van der Waals surface area (Å²) in [7, 11) is 1.87. The fraction of sp³-hybridized carbons (Fsp3) is 0.300. The molecule has 0 aliphatic carbocycles. The van der Waals surface area contributed by atoms with Gasteiger partial charge in [0.25, 0.3) is 0 Å². The number of nitrogens with zero attached hydrogens (tertiary/aromatic N) is 6. The zero-order valence-electron chi connectivity index (χ0n) is 15.4. The average Bonchev–Trinajstić information content (AvgIpc) is 3.25. The standard InChI is InChI=1S/C19H20N8O.CH4/c1-26-10-16(8-21-26)24-19-20-6-14-7-22-27(18(14)25-19)9-13-3-2-4-15(5-13)23-17-11-28-12-17;/h2-8,10,17,23H,9,11-12H2,1H3,(H,20,24,25);1H4. The number of hydrogen-bond donors (Lipinski definition) is 2. The number of aryl methyl sites for hydroxylation is 1. The minimum absolute atomic E-state index is 0. The van der Waals surface area contributed by atoms with Crippen molar-refractivity contribution in [1.82, 2.24) is 29.5 Å². The van der Waals surface area contributed by atoms with Gasteiger partial charge in [-0.3, -0.25) is 4.68 Å². The van der Waals surface area contributed by atoms with E-state index in [1.54, 1.807) is 23.3 Å². The summed E-state index contributed by atoms with van der Waals surface area (Å²) in [4.78, 5) is 9.00. The van der Waals surface area contributed by atoms with Gasteiger partial charge in [-0.2, -0.15) is 15.2 Å². The van der Waals surface area contributed by atoms with Crippen molar-refractivity contribution in [2.24, 2.45) is 7.05 Å². The summed E-state index contributed by atoms with van der Waals surface area (Å²) in [5.41, 5.74) is 3.87. The molecule has 1 aliphatic heterocycles. The van der Waals surface area contributed by atoms with Crippen LogP contribution in [-0.4, -0.2) is 48.8 Å². The van der Waals surface area contributed by atoms with E-state index < -0.39 is 0 Å². The summed E-state index contributed by atoms with van der Waals surface area (Å²) in [6, 6.07) is 8.75. The first-order chi connectivity index (χ1) is 13.7. The first kappa shape index (κ1) is 18.9. The van der Waals surface area contributed by atoms with Crippen LogP contribution in [0.15, 0.2) is 49.1 Å². The molecule has 0 bridgehead atoms. The van der Waals surface area contributed by atoms with E-state index in [-0.39, 0.29) is 7.43 Å². The van der Waals surface area contributed by atoms with Gasteiger partial charge in [0, 0.05) is 25.1 Å². The normalized spacial score (nSPS) is 13.7. The molecule has 9 heteroatoms. The van der Waals surface area contributed by atoms with Crippen molar-refractivity contribution in [2.45, 2.75) is 20.0 Å². The van der Waals surface area contributed by atoms with E-state index in [0.29, 0.717) is 18.5 Å². The Morgan fingerprint density at radius 3 is 2.79 bits per heavy atom. The van der Waals surface area contributed by atoms with Gasteiger partial charge in [-0.15, -0.1) is 0 Å². The Bertz CT molecular complexity index is 1110. The van der Waals surface area contributed by atoms with Crippen molar-refractivity contribution in [3.8, 4) is 0 Å². The molecule has 1 aromatic carbocycles. The molecule has 29 heavy (non-hydrogen) atoms. The number of rotatable bonds is 6. The zero-order chi connectivity index (χ0) is 18.9. The highest BCUT2D eigenvalue weighted by molar-refractivity contribution is 5.75. The molecule has 3 aromatic heterocycles. The maximum Gasteiger partial charge on any atom is 0.229 e. The van der Waals surface area contributed by atoms with Crippen molar-refractivity contribution in [2.75, 3.05) is 23.8 Å². The third-order valence-electron chi connectivity index (χ3n) is 4.61. The lowest BCUT2D eigenvalue weighted by molar-refractivity contribution is 0.0211. The van der Waals surface area contributed by atoms with Crippen molar-refractivity contribution in [3.05, 3.63) is 54.6 Å². The van der Waals surface area contributed by atoms with E-state index in [1.165, 1.54) is 0 Å². The van der Waals surface area contributed by atoms with Crippen LogP contribution in [0.25, 0.3) is 11.0 Å². The molecule has 1 fully saturated rings. The monoisotopic (exact) mass is 392 g/mol. The number of benzene rings is 1. The number of aromatic nitrogens is 6. The Kier molecular flexibility index (Phi) is 5.13. The third-order valence-corrected chi connectivity index (χ3v) is 4.61. The van der Waals surface area contributed by atoms with E-state index in [4.69, 9.17) is 4.74 Å². The smallest absolute Gasteiger partial charge is 0.229 e. The fourth-order valence-corrected chi connectivity index (χ4v) is 3.14. The van der Waals surface area contributed by atoms with Gasteiger partial charge in [-0.05, 0) is 17.7 Å². The van der Waals surface area contributed by atoms with Crippen LogP contribution >= 0.6 is 0 Å². The summed E-state index contributed by atoms with van der Waals surface area (Å²) in [5, 5.41) is 16.2. The molecule has 9 nitrogen and oxygen atoms in total. The SMILES string of the molecule is C.Cn1cc(Nc2ncc3cnn(Cc4cccc(NC5COC5)c4)c3n2)cn1. The second-order valence-electron chi connectivity index (χ2n) is 6.88. The Hall–Kier alpha value is -3.46. The Morgan fingerprint density at radius 1 is 1.14 bits per heavy atom. The van der Waals surface area contributed by atoms with Gasteiger partial charge in [0.1, 0.15) is 0 Å². The van der Waals surface area contributed by atoms with Gasteiger partial charge in [0.2, 0.25) is 5.95 Å². The summed E-state index contributed by atoms with van der Waals surface area (Å²) < 4.78 is 8.83. The van der Waals surface area contributed by atoms with E-state index in [1.807, 2.05) is 24.0 Å². The van der Waals surface area contributed by atoms with Gasteiger partial charge in [0.15, 0.2) is 5.65 Å². The highest BCUT2D eigenvalue weighted by Crippen LogP contribution is 2.19. The first-order valence-corrected chi connectivity index (χ1v) is 9.10. The van der Waals surface area contributed by atoms with Crippen LogP contribution < -0.4 is 10.6 Å². The molecule has 1 saturated heterocycles. The Balaban J connectivity index is 0.00000205. The lowest BCUT2D eigenvalue weighted by Crippen LogP contribution is -2.40. The molecule has 0 atom stereocenters. The third kappa shape index (κ3) is 4.04. The molecule has 0 unspecified atom stereocenters. The molecule has 150 valence electrons. The fourth-order valence-electron chi connectivity index (χ4n) is 3.14. The van der Waals surface area contributed by atoms with Crippen LogP contribution in [0.2, 0.25) is 0 Å². The van der Waals surface area contributed by atoms with Gasteiger partial charge in [0.05, 0.1) is 49.3 Å². The van der Waals surface area contributed by atoms with Crippen molar-refractivity contribution < 1.29 is 4.74 Å². The predicted octanol–water partition coefficient (Wildman–Crippen LogP) is 2.80. The molecular formula is C20H24N8O. The number of anilines is 3. The molecule has 0 saturated carbocycles. The van der Waals surface area contributed by atoms with E-state index in [2.05, 4.69) is 49.0 Å². The average molecular weight is 392 g/mol. The number of nitrogens with one attached hydrogen (secondary N) is 2. The van der Waals surface area contributed by atoms with Crippen molar-refractivity contribution in [3.63, 3.8) is 0 Å². The Morgan fingerprint density at radius 2 is 2.03 bits per heavy atom. The molecule has 0 radical (unpaired) electrons. The minimum Gasteiger partial charge on any atom is -0.378 e. The van der Waals surface area contributed by atoms with E-state index in [9.17, 15) is 0 Å². The summed E-state index contributed by atoms with van der Waals surface area (Å²) >= 11 is 0. The number of hydrogen-bond acceptors (Lipinski definition) is 7. The van der Waals surface area contributed by atoms with Crippen LogP contribution in [-0.2, 0) is 18.3 Å². The topological polar surface area (TPSA) is 94.7 Å². The second-order valence-corrected chi connectivity index (χ2v) is 6.88. The summed E-state index contributed by atoms with van der Waals surface area (Å²) in [6.07, 6.45) is 7.17. The predicted molar refractivity (Wildman–Crippen MR) is 112 cm³/mol. The van der Waals surface area contributed by atoms with E-state index in [0.717, 1.165) is 41.2 Å². The van der Waals surface area contributed by atoms with Crippen molar-refractivity contribution >= 4 is 28.4 Å². The summed E-state index contributed by atoms with van der Waals surface area (Å²) in [5.74, 6) is 0.516. The van der Waals surface area contributed by atoms with Gasteiger partial charge in [-0.25, -0.2) is 9.67 Å². The molecule has 1 aliphatic rings. The molecule has 2 N–H and O–H groups in total. The molecular weight excluding hydrogens is 368 g/mol. The number of fused-ring (bicyclic) bond motifs is 1. The van der Waals surface area contributed by atoms with Gasteiger partial charge in [-0.1, -0.05) is 19.6 Å². The quantitative estimate of drug-likeness (QED) is 0.521. The van der Waals surface area contributed by atoms with Crippen LogP contribution in [0.5, 0.6) is 0 Å². The zero-order valence-corrected chi connectivity index (χ0v) is 15.4. The molecule has 4 aromatic rings. The lowest BCUT2D eigenvalue weighted by atomic mass is 10.1. The van der Waals surface area contributed by atoms with Crippen LogP contribution in [0, 0.1) is 0 Å². The van der Waals surface area contributed by atoms with Crippen LogP contribution in [0.1, 0.15) is 13.0 Å². The largest absolute Gasteiger partial charge is 0.378 e. The minimum atomic E-state index is 0. The van der Waals surface area contributed by atoms with Gasteiger partial charge < -0.3 is 15.4 Å². The second kappa shape index (κ2) is 7.88. The molecule has 4 heterocycles. The molecule has 5 rings (SSSR count). The van der Waals surface area contributed by atoms with Crippen LogP contribution in [0.3, 0.4) is 0 Å².